The maximum Gasteiger partial charge on any atom is 0.248 e. The molecule has 0 amide bonds. The van der Waals surface area contributed by atoms with Crippen LogP contribution in [0.25, 0.3) is 51.4 Å². The first-order chi connectivity index (χ1) is 48.1. The Morgan fingerprint density at radius 3 is 0.619 bits per heavy atom. The molecule has 2 heterocycles. The third kappa shape index (κ3) is 11.7. The van der Waals surface area contributed by atoms with Crippen LogP contribution in [0.2, 0.25) is 0 Å². The number of hydrogen-bond acceptors (Lipinski definition) is 5. The second kappa shape index (κ2) is 27.9. The highest BCUT2D eigenvalue weighted by Crippen LogP contribution is 2.31. The summed E-state index contributed by atoms with van der Waals surface area (Å²) in [5.74, 6) is 2.51. The Balaban J connectivity index is 0.000000190. The molecule has 0 aliphatic heterocycles. The van der Waals surface area contributed by atoms with Crippen LogP contribution in [0.4, 0.5) is 0 Å². The number of aromatic nitrogens is 5. The molecule has 0 atom stereocenters. The predicted octanol–water partition coefficient (Wildman–Crippen LogP) is 12.1. The van der Waals surface area contributed by atoms with Gasteiger partial charge in [-0.15, -0.1) is 20.4 Å². The zero-order valence-corrected chi connectivity index (χ0v) is 56.3. The molecular weight excluding hydrogens is 1230 g/mol. The van der Waals surface area contributed by atoms with Crippen LogP contribution in [0.3, 0.4) is 0 Å². The van der Waals surface area contributed by atoms with E-state index in [1.807, 2.05) is 103 Å². The fourth-order valence-corrected chi connectivity index (χ4v) is 28.5. The molecule has 16 rings (SSSR count). The van der Waals surface area contributed by atoms with E-state index in [1.54, 1.807) is 0 Å². The van der Waals surface area contributed by atoms with Crippen LogP contribution in [0.15, 0.2) is 411 Å². The molecule has 0 aliphatic carbocycles. The summed E-state index contributed by atoms with van der Waals surface area (Å²) in [7, 11) is -8.36. The summed E-state index contributed by atoms with van der Waals surface area (Å²) in [5.41, 5.74) is 4.66. The van der Waals surface area contributed by atoms with E-state index >= 15 is 0 Å². The lowest BCUT2D eigenvalue weighted by atomic mass is 10.1. The van der Waals surface area contributed by atoms with Gasteiger partial charge in [0.25, 0.3) is 0 Å². The fourth-order valence-electron chi connectivity index (χ4n) is 14.3. The highest BCUT2D eigenvalue weighted by Gasteiger charge is 2.46. The molecule has 0 N–H and O–H groups in total. The Kier molecular flexibility index (Phi) is 17.6. The first-order valence-corrected chi connectivity index (χ1v) is 38.9. The third-order valence-corrected chi connectivity index (χ3v) is 33.1. The molecule has 0 bridgehead atoms. The van der Waals surface area contributed by atoms with Crippen LogP contribution in [-0.4, -0.2) is 49.2 Å². The van der Waals surface area contributed by atoms with Gasteiger partial charge in [0, 0.05) is 27.9 Å². The van der Waals surface area contributed by atoms with Gasteiger partial charge in [0.2, 0.25) is 11.8 Å². The van der Waals surface area contributed by atoms with Crippen molar-refractivity contribution in [1.29, 1.82) is 0 Å². The Morgan fingerprint density at radius 1 is 0.175 bits per heavy atom. The van der Waals surface area contributed by atoms with E-state index < -0.39 is 24.2 Å². The molecule has 0 fully saturated rings. The average Bonchev–Trinajstić information content (AvgIpc) is 0.851. The fraction of sp³-hybridized carbons (Fsp3) is 0. The summed E-state index contributed by atoms with van der Waals surface area (Å²) in [5, 5.41) is 34.0. The van der Waals surface area contributed by atoms with E-state index in [4.69, 9.17) is 4.42 Å². The second-order valence-corrected chi connectivity index (χ2v) is 35.5. The monoisotopic (exact) mass is 1290 g/mol. The summed E-state index contributed by atoms with van der Waals surface area (Å²) >= 11 is 0. The lowest BCUT2D eigenvalue weighted by molar-refractivity contribution is 0.584. The standard InChI is InChI=1S/C60H48Si3.C28H19N5O/c1-9-25-49(26-10-1)61(50-27-11-2-12-28-50,51-29-13-3-14-30-51)57-41-45-59(46-42-57)63(55-37-21-7-22-38-55,56-39-23-8-24-40-56)60-47-43-58(44-48-60)62(52-31-15-4-16-32-52,53-33-17-5-18-34-53)54-35-19-6-20-36-54;1-4-10-20(11-5-1)25-29-30-26(33(25)24-14-8-3-9-15-24)21-16-18-23(19-17-21)28-32-31-27(34-28)22-12-6-2-7-13-22/h1-48H;1-19H. The van der Waals surface area contributed by atoms with E-state index in [0.717, 1.165) is 39.6 Å². The van der Waals surface area contributed by atoms with Gasteiger partial charge in [-0.3, -0.25) is 4.57 Å². The summed E-state index contributed by atoms with van der Waals surface area (Å²) in [6.45, 7) is 0. The minimum absolute atomic E-state index is 0.472. The SMILES string of the molecule is c1ccc(-c2nnc(-c3ccc(-c4nnc(-c5ccccc5)n4-c4ccccc4)cc3)o2)cc1.c1ccc([Si](c2ccccc2)(c2ccccc2)c2ccc([Si](c3ccccc3)(c3ccccc3)c3ccc([Si](c4ccccc4)(c4ccccc4)c4ccccc4)cc3)cc2)cc1. The summed E-state index contributed by atoms with van der Waals surface area (Å²) in [6.07, 6.45) is 0. The normalized spacial score (nSPS) is 11.5. The highest BCUT2D eigenvalue weighted by molar-refractivity contribution is 7.22. The third-order valence-electron chi connectivity index (χ3n) is 18.7. The molecule has 0 unspecified atom stereocenters. The van der Waals surface area contributed by atoms with Crippen LogP contribution in [0.5, 0.6) is 0 Å². The smallest absolute Gasteiger partial charge is 0.248 e. The molecule has 0 saturated carbocycles. The zero-order valence-electron chi connectivity index (χ0n) is 53.3. The van der Waals surface area contributed by atoms with E-state index in [9.17, 15) is 0 Å². The highest BCUT2D eigenvalue weighted by atomic mass is 28.3. The predicted molar refractivity (Wildman–Crippen MR) is 408 cm³/mol. The Bertz CT molecular complexity index is 4740. The minimum Gasteiger partial charge on any atom is -0.416 e. The molecule has 97 heavy (non-hydrogen) atoms. The van der Waals surface area contributed by atoms with Crippen molar-refractivity contribution >= 4 is 86.5 Å². The lowest BCUT2D eigenvalue weighted by Gasteiger charge is -2.38. The van der Waals surface area contributed by atoms with E-state index in [2.05, 4.69) is 328 Å². The van der Waals surface area contributed by atoms with E-state index in [-0.39, 0.29) is 0 Å². The molecule has 462 valence electrons. The summed E-state index contributed by atoms with van der Waals surface area (Å²) in [6, 6.07) is 148. The van der Waals surface area contributed by atoms with Gasteiger partial charge in [0.15, 0.2) is 35.9 Å². The number of hydrogen-bond donors (Lipinski definition) is 0. The molecular formula is C88H67N5OSi3. The van der Waals surface area contributed by atoms with Gasteiger partial charge in [-0.25, -0.2) is 0 Å². The zero-order chi connectivity index (χ0) is 65.1. The Morgan fingerprint density at radius 2 is 0.361 bits per heavy atom. The number of nitrogens with zero attached hydrogens (tertiary/aromatic N) is 5. The average molecular weight is 1290 g/mol. The number of benzene rings is 14. The van der Waals surface area contributed by atoms with E-state index in [0.29, 0.717) is 11.8 Å². The molecule has 2 aromatic heterocycles. The largest absolute Gasteiger partial charge is 0.416 e. The molecule has 0 aliphatic rings. The first-order valence-electron chi connectivity index (χ1n) is 32.9. The lowest BCUT2D eigenvalue weighted by Crippen LogP contribution is -2.77. The van der Waals surface area contributed by atoms with Crippen LogP contribution < -0.4 is 62.2 Å². The van der Waals surface area contributed by atoms with Crippen LogP contribution >= 0.6 is 0 Å². The molecule has 14 aromatic carbocycles. The molecule has 0 saturated heterocycles. The number of para-hydroxylation sites is 1. The molecule has 0 spiro atoms. The number of rotatable bonds is 17. The van der Waals surface area contributed by atoms with Gasteiger partial charge in [0.05, 0.1) is 0 Å². The van der Waals surface area contributed by atoms with Gasteiger partial charge in [-0.05, 0) is 98.6 Å². The van der Waals surface area contributed by atoms with Gasteiger partial charge < -0.3 is 4.42 Å². The van der Waals surface area contributed by atoms with Crippen LogP contribution in [-0.2, 0) is 0 Å². The molecule has 0 radical (unpaired) electrons. The van der Waals surface area contributed by atoms with Crippen molar-refractivity contribution in [2.75, 3.05) is 0 Å². The van der Waals surface area contributed by atoms with Crippen molar-refractivity contribution in [3.63, 3.8) is 0 Å². The first kappa shape index (κ1) is 61.2. The summed E-state index contributed by atoms with van der Waals surface area (Å²) in [4.78, 5) is 0. The maximum atomic E-state index is 5.90. The summed E-state index contributed by atoms with van der Waals surface area (Å²) < 4.78 is 7.97. The quantitative estimate of drug-likeness (QED) is 0.0671. The topological polar surface area (TPSA) is 69.6 Å². The van der Waals surface area contributed by atoms with Gasteiger partial charge >= 0.3 is 0 Å². The van der Waals surface area contributed by atoms with Crippen molar-refractivity contribution in [3.8, 4) is 51.4 Å². The van der Waals surface area contributed by atoms with Crippen molar-refractivity contribution in [3.05, 3.63) is 406 Å². The van der Waals surface area contributed by atoms with Gasteiger partial charge in [-0.1, -0.05) is 370 Å². The second-order valence-electron chi connectivity index (χ2n) is 24.1. The Labute approximate surface area is 569 Å². The minimum atomic E-state index is -2.91. The van der Waals surface area contributed by atoms with Crippen molar-refractivity contribution in [2.24, 2.45) is 0 Å². The van der Waals surface area contributed by atoms with Gasteiger partial charge in [0.1, 0.15) is 0 Å². The van der Waals surface area contributed by atoms with Crippen molar-refractivity contribution in [2.45, 2.75) is 0 Å². The molecule has 9 heteroatoms. The molecule has 16 aromatic rings. The van der Waals surface area contributed by atoms with Crippen LogP contribution in [0, 0.1) is 0 Å². The van der Waals surface area contributed by atoms with E-state index in [1.165, 1.54) is 62.2 Å². The van der Waals surface area contributed by atoms with Crippen molar-refractivity contribution < 1.29 is 4.42 Å². The van der Waals surface area contributed by atoms with Crippen molar-refractivity contribution in [1.82, 2.24) is 25.0 Å². The Hall–Kier alpha value is -12.0. The van der Waals surface area contributed by atoms with Gasteiger partial charge in [-0.2, -0.15) is 0 Å². The van der Waals surface area contributed by atoms with Crippen LogP contribution in [0.1, 0.15) is 0 Å². The molecule has 6 nitrogen and oxygen atoms in total. The maximum absolute atomic E-state index is 5.90.